The number of rotatable bonds is 1. The number of hydrogen-bond donors (Lipinski definition) is 0. The van der Waals surface area contributed by atoms with Crippen LogP contribution in [0, 0.1) is 17.8 Å². The summed E-state index contributed by atoms with van der Waals surface area (Å²) in [6.45, 7) is 1.99. The Labute approximate surface area is 84.7 Å². The van der Waals surface area contributed by atoms with Crippen molar-refractivity contribution in [2.45, 2.75) is 50.7 Å². The molecule has 0 aromatic heterocycles. The lowest BCUT2D eigenvalue weighted by Gasteiger charge is -2.37. The Kier molecular flexibility index (Phi) is 2.50. The molecule has 0 heterocycles. The zero-order chi connectivity index (χ0) is 9.47. The van der Waals surface area contributed by atoms with Crippen molar-refractivity contribution in [1.82, 2.24) is 0 Å². The molecule has 0 nitrogen and oxygen atoms in total. The van der Waals surface area contributed by atoms with Crippen molar-refractivity contribution >= 4 is 15.7 Å². The maximum atomic E-state index is 6.03. The van der Waals surface area contributed by atoms with E-state index in [1.807, 2.05) is 6.92 Å². The van der Waals surface area contributed by atoms with Gasteiger partial charge in [-0.05, 0) is 30.6 Å². The van der Waals surface area contributed by atoms with Crippen LogP contribution in [0.2, 0.25) is 5.21 Å². The van der Waals surface area contributed by atoms with Crippen molar-refractivity contribution < 1.29 is 0 Å². The Bertz CT molecular complexity index is 183. The summed E-state index contributed by atoms with van der Waals surface area (Å²) < 4.78 is 0. The third kappa shape index (κ3) is 1.82. The minimum Gasteiger partial charge on any atom is -0.0987 e. The zero-order valence-corrected chi connectivity index (χ0v) is 8.63. The van der Waals surface area contributed by atoms with Crippen molar-refractivity contribution in [3.05, 3.63) is 0 Å². The molecule has 0 bridgehead atoms. The van der Waals surface area contributed by atoms with E-state index in [0.29, 0.717) is 5.92 Å². The molecule has 0 saturated heterocycles. The van der Waals surface area contributed by atoms with Crippen molar-refractivity contribution in [2.24, 2.45) is 17.8 Å². The smallest absolute Gasteiger partial charge is 0.0620 e. The zero-order valence-electron chi connectivity index (χ0n) is 8.63. The molecule has 0 spiro atoms. The quantitative estimate of drug-likeness (QED) is 0.533. The summed E-state index contributed by atoms with van der Waals surface area (Å²) >= 11 is 0. The fraction of sp³-hybridized carbons (Fsp3) is 1.00. The fourth-order valence-corrected chi connectivity index (χ4v) is 3.50. The summed E-state index contributed by atoms with van der Waals surface area (Å²) in [5.74, 6) is 2.37. The van der Waals surface area contributed by atoms with Crippen LogP contribution in [0.3, 0.4) is 0 Å². The molecular weight excluding hydrogens is 154 g/mol. The first-order valence-corrected chi connectivity index (χ1v) is 5.67. The third-order valence-electron chi connectivity index (χ3n) is 4.13. The minimum absolute atomic E-state index is 0.434. The minimum atomic E-state index is -0.434. The summed E-state index contributed by atoms with van der Waals surface area (Å²) in [6.07, 6.45) is 8.27. The molecule has 68 valence electrons. The SMILES string of the molecule is [B]C([B])(C)C1CCC2CCCCC21. The molecule has 2 heteroatoms. The van der Waals surface area contributed by atoms with Gasteiger partial charge in [0.05, 0.1) is 15.7 Å². The lowest BCUT2D eigenvalue weighted by atomic mass is 9.47. The fourth-order valence-electron chi connectivity index (χ4n) is 3.50. The first-order valence-electron chi connectivity index (χ1n) is 5.67. The van der Waals surface area contributed by atoms with E-state index in [4.69, 9.17) is 15.7 Å². The molecular formula is C11H18B2. The van der Waals surface area contributed by atoms with Gasteiger partial charge in [-0.2, -0.15) is 0 Å². The largest absolute Gasteiger partial charge is 0.0987 e. The summed E-state index contributed by atoms with van der Waals surface area (Å²) in [5, 5.41) is -0.434. The molecule has 13 heavy (non-hydrogen) atoms. The van der Waals surface area contributed by atoms with Crippen LogP contribution in [-0.2, 0) is 0 Å². The lowest BCUT2D eigenvalue weighted by Crippen LogP contribution is -2.28. The van der Waals surface area contributed by atoms with Crippen LogP contribution < -0.4 is 0 Å². The lowest BCUT2D eigenvalue weighted by molar-refractivity contribution is 0.217. The molecule has 2 saturated carbocycles. The molecule has 0 aromatic rings. The highest BCUT2D eigenvalue weighted by molar-refractivity contribution is 6.39. The van der Waals surface area contributed by atoms with E-state index in [0.717, 1.165) is 11.8 Å². The molecule has 0 amide bonds. The molecule has 2 aliphatic rings. The van der Waals surface area contributed by atoms with E-state index in [9.17, 15) is 0 Å². The normalized spacial score (nSPS) is 40.2. The van der Waals surface area contributed by atoms with E-state index in [1.165, 1.54) is 38.5 Å². The van der Waals surface area contributed by atoms with E-state index in [1.54, 1.807) is 0 Å². The van der Waals surface area contributed by atoms with E-state index >= 15 is 0 Å². The van der Waals surface area contributed by atoms with Gasteiger partial charge in [0.15, 0.2) is 0 Å². The van der Waals surface area contributed by atoms with Crippen molar-refractivity contribution in [3.63, 3.8) is 0 Å². The summed E-state index contributed by atoms with van der Waals surface area (Å²) in [5.41, 5.74) is 0. The van der Waals surface area contributed by atoms with Crippen molar-refractivity contribution in [3.8, 4) is 0 Å². The maximum Gasteiger partial charge on any atom is 0.0620 e. The van der Waals surface area contributed by atoms with Crippen LogP contribution in [0.15, 0.2) is 0 Å². The predicted octanol–water partition coefficient (Wildman–Crippen LogP) is 2.68. The molecule has 0 aromatic carbocycles. The van der Waals surface area contributed by atoms with Gasteiger partial charge < -0.3 is 0 Å². The van der Waals surface area contributed by atoms with E-state index < -0.39 is 5.21 Å². The van der Waals surface area contributed by atoms with Crippen LogP contribution in [-0.4, -0.2) is 15.7 Å². The predicted molar refractivity (Wildman–Crippen MR) is 58.0 cm³/mol. The molecule has 0 N–H and O–H groups in total. The molecule has 2 aliphatic carbocycles. The monoisotopic (exact) mass is 172 g/mol. The van der Waals surface area contributed by atoms with Gasteiger partial charge in [-0.3, -0.25) is 0 Å². The second kappa shape index (κ2) is 3.37. The van der Waals surface area contributed by atoms with Gasteiger partial charge >= 0.3 is 0 Å². The second-order valence-corrected chi connectivity index (χ2v) is 5.26. The number of fused-ring (bicyclic) bond motifs is 1. The molecule has 0 aliphatic heterocycles. The Morgan fingerprint density at radius 2 is 1.69 bits per heavy atom. The van der Waals surface area contributed by atoms with Crippen molar-refractivity contribution in [1.29, 1.82) is 0 Å². The maximum absolute atomic E-state index is 6.03. The summed E-state index contributed by atoms with van der Waals surface area (Å²) in [4.78, 5) is 0. The highest BCUT2D eigenvalue weighted by Crippen LogP contribution is 2.52. The standard InChI is InChI=1S/C11H18B2/c1-11(12,13)10-7-6-8-4-2-3-5-9(8)10/h8-10H,2-7H2,1H3. The highest BCUT2D eigenvalue weighted by atomic mass is 14.4. The van der Waals surface area contributed by atoms with Crippen molar-refractivity contribution in [2.75, 3.05) is 0 Å². The second-order valence-electron chi connectivity index (χ2n) is 5.26. The molecule has 4 radical (unpaired) electrons. The molecule has 3 unspecified atom stereocenters. The number of hydrogen-bond acceptors (Lipinski definition) is 0. The third-order valence-corrected chi connectivity index (χ3v) is 4.13. The average Bonchev–Trinajstić information content (AvgIpc) is 2.45. The van der Waals surface area contributed by atoms with Gasteiger partial charge in [-0.1, -0.05) is 37.8 Å². The van der Waals surface area contributed by atoms with E-state index in [2.05, 4.69) is 0 Å². The Morgan fingerprint density at radius 1 is 1.00 bits per heavy atom. The summed E-state index contributed by atoms with van der Waals surface area (Å²) in [7, 11) is 12.1. The van der Waals surface area contributed by atoms with Crippen LogP contribution in [0.1, 0.15) is 45.4 Å². The Balaban J connectivity index is 2.07. The van der Waals surface area contributed by atoms with Gasteiger partial charge in [0.25, 0.3) is 0 Å². The Hall–Kier alpha value is 0.130. The molecule has 2 fully saturated rings. The first kappa shape index (κ1) is 9.68. The summed E-state index contributed by atoms with van der Waals surface area (Å²) in [6, 6.07) is 0. The van der Waals surface area contributed by atoms with E-state index in [-0.39, 0.29) is 0 Å². The molecule has 2 rings (SSSR count). The Morgan fingerprint density at radius 3 is 2.38 bits per heavy atom. The van der Waals surface area contributed by atoms with Gasteiger partial charge in [-0.15, -0.1) is 0 Å². The average molecular weight is 172 g/mol. The molecule has 3 atom stereocenters. The van der Waals surface area contributed by atoms with Crippen LogP contribution in [0.25, 0.3) is 0 Å². The van der Waals surface area contributed by atoms with Crippen LogP contribution in [0.5, 0.6) is 0 Å². The first-order chi connectivity index (χ1) is 6.09. The van der Waals surface area contributed by atoms with Crippen LogP contribution >= 0.6 is 0 Å². The van der Waals surface area contributed by atoms with Gasteiger partial charge in [0, 0.05) is 0 Å². The highest BCUT2D eigenvalue weighted by Gasteiger charge is 2.41. The topological polar surface area (TPSA) is 0 Å². The van der Waals surface area contributed by atoms with Gasteiger partial charge in [0.1, 0.15) is 0 Å². The van der Waals surface area contributed by atoms with Gasteiger partial charge in [-0.25, -0.2) is 0 Å². The van der Waals surface area contributed by atoms with Crippen LogP contribution in [0.4, 0.5) is 0 Å². The van der Waals surface area contributed by atoms with Gasteiger partial charge in [0.2, 0.25) is 0 Å².